The Morgan fingerprint density at radius 3 is 2.50 bits per heavy atom. The van der Waals surface area contributed by atoms with Crippen LogP contribution in [0.3, 0.4) is 0 Å². The number of anilines is 4. The van der Waals surface area contributed by atoms with Crippen LogP contribution in [0.1, 0.15) is 15.9 Å². The number of carbonyl (C=O) groups excluding carboxylic acids is 1. The van der Waals surface area contributed by atoms with Gasteiger partial charge in [-0.25, -0.2) is 9.97 Å². The van der Waals surface area contributed by atoms with Gasteiger partial charge in [0.2, 0.25) is 11.9 Å². The highest BCUT2D eigenvalue weighted by molar-refractivity contribution is 5.95. The van der Waals surface area contributed by atoms with E-state index in [1.807, 2.05) is 12.1 Å². The zero-order chi connectivity index (χ0) is 20.9. The van der Waals surface area contributed by atoms with Gasteiger partial charge in [0.15, 0.2) is 0 Å². The number of piperazine rings is 1. The fourth-order valence-corrected chi connectivity index (χ4v) is 3.58. The highest BCUT2D eigenvalue weighted by Gasteiger charge is 2.20. The second kappa shape index (κ2) is 8.77. The molecule has 1 fully saturated rings. The molecule has 2 N–H and O–H groups in total. The molecule has 8 nitrogen and oxygen atoms in total. The standard InChI is InChI=1S/C22H25N7O/c1-16-6-3-4-9-19(16)28-10-12-29(13-11-28)22-25-15-24-21(27-22)26-18-8-5-7-17(14-18)20(30)23-2/h3-9,14-15H,10-13H2,1-2H3,(H,23,30)(H,24,25,26,27). The molecular weight excluding hydrogens is 378 g/mol. The van der Waals surface area contributed by atoms with E-state index in [4.69, 9.17) is 0 Å². The van der Waals surface area contributed by atoms with Crippen molar-refractivity contribution in [1.82, 2.24) is 20.3 Å². The molecule has 154 valence electrons. The first-order valence-electron chi connectivity index (χ1n) is 9.98. The van der Waals surface area contributed by atoms with E-state index in [1.165, 1.54) is 17.6 Å². The topological polar surface area (TPSA) is 86.3 Å². The largest absolute Gasteiger partial charge is 0.368 e. The lowest BCUT2D eigenvalue weighted by Gasteiger charge is -2.36. The average Bonchev–Trinajstić information content (AvgIpc) is 2.79. The Kier molecular flexibility index (Phi) is 5.74. The average molecular weight is 403 g/mol. The van der Waals surface area contributed by atoms with Crippen LogP contribution in [0.25, 0.3) is 0 Å². The fraction of sp³-hybridized carbons (Fsp3) is 0.273. The number of nitrogens with zero attached hydrogens (tertiary/aromatic N) is 5. The van der Waals surface area contributed by atoms with Gasteiger partial charge in [-0.05, 0) is 36.8 Å². The summed E-state index contributed by atoms with van der Waals surface area (Å²) in [5, 5.41) is 5.79. The van der Waals surface area contributed by atoms with E-state index >= 15 is 0 Å². The summed E-state index contributed by atoms with van der Waals surface area (Å²) in [5.74, 6) is 0.969. The predicted octanol–water partition coefficient (Wildman–Crippen LogP) is 2.61. The van der Waals surface area contributed by atoms with Crippen LogP contribution in [0.15, 0.2) is 54.9 Å². The van der Waals surface area contributed by atoms with Gasteiger partial charge in [-0.15, -0.1) is 0 Å². The van der Waals surface area contributed by atoms with Crippen molar-refractivity contribution in [2.75, 3.05) is 48.3 Å². The number of carbonyl (C=O) groups is 1. The predicted molar refractivity (Wildman–Crippen MR) is 119 cm³/mol. The van der Waals surface area contributed by atoms with E-state index in [1.54, 1.807) is 19.2 Å². The lowest BCUT2D eigenvalue weighted by atomic mass is 10.1. The molecule has 0 saturated carbocycles. The maximum absolute atomic E-state index is 11.8. The number of aryl methyl sites for hydroxylation is 1. The second-order valence-electron chi connectivity index (χ2n) is 7.15. The molecule has 1 aliphatic rings. The molecule has 2 heterocycles. The number of para-hydroxylation sites is 1. The molecule has 0 radical (unpaired) electrons. The SMILES string of the molecule is CNC(=O)c1cccc(Nc2ncnc(N3CCN(c4ccccc4C)CC3)n2)c1. The van der Waals surface area contributed by atoms with Gasteiger partial charge in [-0.1, -0.05) is 24.3 Å². The lowest BCUT2D eigenvalue weighted by Crippen LogP contribution is -2.47. The zero-order valence-electron chi connectivity index (χ0n) is 17.2. The zero-order valence-corrected chi connectivity index (χ0v) is 17.2. The number of amides is 1. The minimum Gasteiger partial charge on any atom is -0.368 e. The summed E-state index contributed by atoms with van der Waals surface area (Å²) in [4.78, 5) is 29.6. The van der Waals surface area contributed by atoms with Crippen LogP contribution in [0.5, 0.6) is 0 Å². The Hall–Kier alpha value is -3.68. The van der Waals surface area contributed by atoms with E-state index in [0.29, 0.717) is 17.5 Å². The number of hydrogen-bond acceptors (Lipinski definition) is 7. The number of nitrogens with one attached hydrogen (secondary N) is 2. The highest BCUT2D eigenvalue weighted by Crippen LogP contribution is 2.22. The Balaban J connectivity index is 1.43. The summed E-state index contributed by atoms with van der Waals surface area (Å²) >= 11 is 0. The van der Waals surface area contributed by atoms with Crippen molar-refractivity contribution in [2.24, 2.45) is 0 Å². The summed E-state index contributed by atoms with van der Waals surface area (Å²) in [6.45, 7) is 5.64. The molecule has 0 atom stereocenters. The lowest BCUT2D eigenvalue weighted by molar-refractivity contribution is 0.0963. The maximum atomic E-state index is 11.8. The normalized spacial score (nSPS) is 13.8. The molecule has 1 saturated heterocycles. The molecule has 1 aliphatic heterocycles. The van der Waals surface area contributed by atoms with Crippen molar-refractivity contribution in [3.63, 3.8) is 0 Å². The van der Waals surface area contributed by atoms with E-state index in [-0.39, 0.29) is 5.91 Å². The molecule has 0 spiro atoms. The van der Waals surface area contributed by atoms with Crippen LogP contribution in [-0.2, 0) is 0 Å². The first kappa shape index (κ1) is 19.6. The number of aromatic nitrogens is 3. The van der Waals surface area contributed by atoms with Crippen molar-refractivity contribution in [1.29, 1.82) is 0 Å². The van der Waals surface area contributed by atoms with E-state index in [0.717, 1.165) is 31.9 Å². The summed E-state index contributed by atoms with van der Waals surface area (Å²) in [6.07, 6.45) is 1.51. The van der Waals surface area contributed by atoms with Crippen molar-refractivity contribution in [2.45, 2.75) is 6.92 Å². The molecule has 8 heteroatoms. The Morgan fingerprint density at radius 1 is 0.967 bits per heavy atom. The van der Waals surface area contributed by atoms with Crippen molar-refractivity contribution < 1.29 is 4.79 Å². The van der Waals surface area contributed by atoms with Gasteiger partial charge in [0.05, 0.1) is 0 Å². The first-order chi connectivity index (χ1) is 14.6. The molecule has 0 unspecified atom stereocenters. The Labute approximate surface area is 176 Å². The van der Waals surface area contributed by atoms with Crippen LogP contribution >= 0.6 is 0 Å². The molecule has 1 aromatic heterocycles. The molecule has 1 amide bonds. The van der Waals surface area contributed by atoms with Gasteiger partial charge >= 0.3 is 0 Å². The minimum atomic E-state index is -0.137. The molecule has 30 heavy (non-hydrogen) atoms. The van der Waals surface area contributed by atoms with Gasteiger partial charge in [-0.3, -0.25) is 4.79 Å². The summed E-state index contributed by atoms with van der Waals surface area (Å²) in [5.41, 5.74) is 3.89. The molecule has 0 aliphatic carbocycles. The van der Waals surface area contributed by atoms with Gasteiger partial charge in [-0.2, -0.15) is 4.98 Å². The monoisotopic (exact) mass is 403 g/mol. The van der Waals surface area contributed by atoms with Crippen LogP contribution in [0, 0.1) is 6.92 Å². The van der Waals surface area contributed by atoms with Gasteiger partial charge in [0.25, 0.3) is 5.91 Å². The maximum Gasteiger partial charge on any atom is 0.251 e. The van der Waals surface area contributed by atoms with Crippen LogP contribution < -0.4 is 20.4 Å². The van der Waals surface area contributed by atoms with E-state index < -0.39 is 0 Å². The molecule has 0 bridgehead atoms. The quantitative estimate of drug-likeness (QED) is 0.677. The van der Waals surface area contributed by atoms with Crippen molar-refractivity contribution >= 4 is 29.2 Å². The third-order valence-electron chi connectivity index (χ3n) is 5.19. The van der Waals surface area contributed by atoms with E-state index in [9.17, 15) is 4.79 Å². The van der Waals surface area contributed by atoms with E-state index in [2.05, 4.69) is 66.6 Å². The third-order valence-corrected chi connectivity index (χ3v) is 5.19. The van der Waals surface area contributed by atoms with Crippen LogP contribution in [-0.4, -0.2) is 54.1 Å². The molecule has 3 aromatic rings. The summed E-state index contributed by atoms with van der Waals surface area (Å²) in [6, 6.07) is 15.7. The van der Waals surface area contributed by atoms with Crippen LogP contribution in [0.2, 0.25) is 0 Å². The second-order valence-corrected chi connectivity index (χ2v) is 7.15. The molecule has 4 rings (SSSR count). The Bertz CT molecular complexity index is 1030. The molecular formula is C22H25N7O. The highest BCUT2D eigenvalue weighted by atomic mass is 16.1. The third kappa shape index (κ3) is 4.32. The van der Waals surface area contributed by atoms with Gasteiger partial charge in [0, 0.05) is 50.2 Å². The summed E-state index contributed by atoms with van der Waals surface area (Å²) < 4.78 is 0. The van der Waals surface area contributed by atoms with Gasteiger partial charge < -0.3 is 20.4 Å². The number of hydrogen-bond donors (Lipinski definition) is 2. The van der Waals surface area contributed by atoms with Gasteiger partial charge in [0.1, 0.15) is 6.33 Å². The number of rotatable bonds is 5. The minimum absolute atomic E-state index is 0.137. The van der Waals surface area contributed by atoms with Crippen molar-refractivity contribution in [3.05, 3.63) is 66.0 Å². The first-order valence-corrected chi connectivity index (χ1v) is 9.98. The smallest absolute Gasteiger partial charge is 0.251 e. The fourth-order valence-electron chi connectivity index (χ4n) is 3.58. The summed E-state index contributed by atoms with van der Waals surface area (Å²) in [7, 11) is 1.61. The van der Waals surface area contributed by atoms with Crippen LogP contribution in [0.4, 0.5) is 23.3 Å². The number of benzene rings is 2. The molecule has 2 aromatic carbocycles. The van der Waals surface area contributed by atoms with Crippen molar-refractivity contribution in [3.8, 4) is 0 Å². The Morgan fingerprint density at radius 2 is 1.73 bits per heavy atom.